The van der Waals surface area contributed by atoms with Gasteiger partial charge >= 0.3 is 0 Å². The van der Waals surface area contributed by atoms with Gasteiger partial charge in [0, 0.05) is 24.0 Å². The zero-order valence-electron chi connectivity index (χ0n) is 9.65. The van der Waals surface area contributed by atoms with Gasteiger partial charge in [0.25, 0.3) is 0 Å². The molecular formula is C14H17NO. The van der Waals surface area contributed by atoms with E-state index in [0.717, 1.165) is 23.9 Å². The Morgan fingerprint density at radius 3 is 2.81 bits per heavy atom. The third kappa shape index (κ3) is 2.16. The lowest BCUT2D eigenvalue weighted by atomic mass is 10.1. The first-order valence-electron chi connectivity index (χ1n) is 5.92. The molecule has 2 heteroatoms. The number of rotatable bonds is 4. The highest BCUT2D eigenvalue weighted by molar-refractivity contribution is 5.54. The van der Waals surface area contributed by atoms with E-state index in [1.54, 1.807) is 6.07 Å². The van der Waals surface area contributed by atoms with Crippen molar-refractivity contribution in [3.05, 3.63) is 52.4 Å². The second-order valence-corrected chi connectivity index (χ2v) is 4.11. The normalized spacial score (nSPS) is 10.8. The summed E-state index contributed by atoms with van der Waals surface area (Å²) in [4.78, 5) is 11.8. The van der Waals surface area contributed by atoms with Crippen molar-refractivity contribution in [1.82, 2.24) is 4.40 Å². The Morgan fingerprint density at radius 1 is 1.12 bits per heavy atom. The molecule has 84 valence electrons. The van der Waals surface area contributed by atoms with Gasteiger partial charge in [0.2, 0.25) is 0 Å². The van der Waals surface area contributed by atoms with Gasteiger partial charge in [0.15, 0.2) is 5.43 Å². The van der Waals surface area contributed by atoms with Gasteiger partial charge in [-0.25, -0.2) is 0 Å². The highest BCUT2D eigenvalue weighted by Gasteiger charge is 2.03. The summed E-state index contributed by atoms with van der Waals surface area (Å²) < 4.78 is 2.02. The largest absolute Gasteiger partial charge is 0.323 e. The molecule has 0 aliphatic rings. The van der Waals surface area contributed by atoms with Crippen molar-refractivity contribution < 1.29 is 0 Å². The summed E-state index contributed by atoms with van der Waals surface area (Å²) in [5.74, 6) is 0. The fraction of sp³-hybridized carbons (Fsp3) is 0.357. The van der Waals surface area contributed by atoms with Gasteiger partial charge in [0.1, 0.15) is 0 Å². The molecule has 2 heterocycles. The molecule has 0 bridgehead atoms. The van der Waals surface area contributed by atoms with Gasteiger partial charge in [-0.2, -0.15) is 0 Å². The zero-order valence-corrected chi connectivity index (χ0v) is 9.65. The van der Waals surface area contributed by atoms with Crippen molar-refractivity contribution in [2.45, 2.75) is 32.6 Å². The van der Waals surface area contributed by atoms with Gasteiger partial charge in [-0.15, -0.1) is 0 Å². The minimum absolute atomic E-state index is 0.169. The van der Waals surface area contributed by atoms with Crippen molar-refractivity contribution >= 4 is 5.52 Å². The van der Waals surface area contributed by atoms with Crippen LogP contribution in [0.5, 0.6) is 0 Å². The highest BCUT2D eigenvalue weighted by atomic mass is 16.1. The summed E-state index contributed by atoms with van der Waals surface area (Å²) >= 11 is 0. The fourth-order valence-electron chi connectivity index (χ4n) is 2.02. The van der Waals surface area contributed by atoms with E-state index in [4.69, 9.17) is 0 Å². The van der Waals surface area contributed by atoms with Crippen LogP contribution in [-0.2, 0) is 6.42 Å². The Morgan fingerprint density at radius 2 is 2.00 bits per heavy atom. The maximum atomic E-state index is 11.8. The molecule has 2 aromatic heterocycles. The maximum Gasteiger partial charge on any atom is 0.185 e. The van der Waals surface area contributed by atoms with Crippen molar-refractivity contribution in [3.8, 4) is 0 Å². The molecule has 2 nitrogen and oxygen atoms in total. The fourth-order valence-corrected chi connectivity index (χ4v) is 2.02. The summed E-state index contributed by atoms with van der Waals surface area (Å²) in [5.41, 5.74) is 2.17. The molecule has 2 rings (SSSR count). The van der Waals surface area contributed by atoms with E-state index >= 15 is 0 Å². The third-order valence-electron chi connectivity index (χ3n) is 2.91. The smallest absolute Gasteiger partial charge is 0.185 e. The molecule has 0 fully saturated rings. The van der Waals surface area contributed by atoms with Crippen LogP contribution in [0.2, 0.25) is 0 Å². The van der Waals surface area contributed by atoms with Crippen LogP contribution >= 0.6 is 0 Å². The van der Waals surface area contributed by atoms with E-state index in [0.29, 0.717) is 0 Å². The predicted molar refractivity (Wildman–Crippen MR) is 66.9 cm³/mol. The monoisotopic (exact) mass is 215 g/mol. The zero-order chi connectivity index (χ0) is 11.4. The molecule has 0 aliphatic heterocycles. The molecule has 2 aromatic rings. The Labute approximate surface area is 95.5 Å². The van der Waals surface area contributed by atoms with E-state index in [1.165, 1.54) is 12.8 Å². The summed E-state index contributed by atoms with van der Waals surface area (Å²) in [7, 11) is 0. The van der Waals surface area contributed by atoms with Crippen LogP contribution < -0.4 is 5.43 Å². The van der Waals surface area contributed by atoms with Gasteiger partial charge in [0.05, 0.1) is 5.52 Å². The first-order chi connectivity index (χ1) is 7.83. The van der Waals surface area contributed by atoms with Crippen LogP contribution in [0, 0.1) is 0 Å². The van der Waals surface area contributed by atoms with Crippen LogP contribution in [0.1, 0.15) is 31.7 Å². The Balaban J connectivity index is 2.41. The molecule has 0 N–H and O–H groups in total. The van der Waals surface area contributed by atoms with Crippen molar-refractivity contribution in [1.29, 1.82) is 0 Å². The summed E-state index contributed by atoms with van der Waals surface area (Å²) in [6.07, 6.45) is 8.18. The average molecular weight is 215 g/mol. The molecule has 0 amide bonds. The lowest BCUT2D eigenvalue weighted by Gasteiger charge is -2.06. The SMILES string of the molecule is CCCCCc1c(=O)ccn2ccccc12. The second kappa shape index (κ2) is 4.97. The first kappa shape index (κ1) is 10.9. The number of hydrogen-bond donors (Lipinski definition) is 0. The number of aromatic nitrogens is 1. The summed E-state index contributed by atoms with van der Waals surface area (Å²) in [5, 5.41) is 0. The van der Waals surface area contributed by atoms with E-state index in [2.05, 4.69) is 6.92 Å². The molecule has 0 spiro atoms. The predicted octanol–water partition coefficient (Wildman–Crippen LogP) is 3.03. The molecule has 0 atom stereocenters. The van der Waals surface area contributed by atoms with E-state index < -0.39 is 0 Å². The lowest BCUT2D eigenvalue weighted by molar-refractivity contribution is 0.716. The molecule has 0 saturated heterocycles. The number of unbranched alkanes of at least 4 members (excludes halogenated alkanes) is 2. The lowest BCUT2D eigenvalue weighted by Crippen LogP contribution is -2.10. The third-order valence-corrected chi connectivity index (χ3v) is 2.91. The van der Waals surface area contributed by atoms with E-state index in [1.807, 2.05) is 35.0 Å². The van der Waals surface area contributed by atoms with Gasteiger partial charge < -0.3 is 4.40 Å². The van der Waals surface area contributed by atoms with Gasteiger partial charge in [-0.1, -0.05) is 25.8 Å². The quantitative estimate of drug-likeness (QED) is 0.718. The Bertz CT molecular complexity index is 527. The Kier molecular flexibility index (Phi) is 3.40. The standard InChI is InChI=1S/C14H17NO/c1-2-3-4-7-12-13-8-5-6-10-15(13)11-9-14(12)16/h5-6,8-11H,2-4,7H2,1H3. The topological polar surface area (TPSA) is 21.5 Å². The molecule has 16 heavy (non-hydrogen) atoms. The first-order valence-corrected chi connectivity index (χ1v) is 5.92. The van der Waals surface area contributed by atoms with Crippen LogP contribution in [0.4, 0.5) is 0 Å². The minimum Gasteiger partial charge on any atom is -0.323 e. The van der Waals surface area contributed by atoms with Crippen molar-refractivity contribution in [3.63, 3.8) is 0 Å². The number of hydrogen-bond acceptors (Lipinski definition) is 1. The van der Waals surface area contributed by atoms with Crippen molar-refractivity contribution in [2.75, 3.05) is 0 Å². The molecule has 0 aliphatic carbocycles. The van der Waals surface area contributed by atoms with Gasteiger partial charge in [-0.3, -0.25) is 4.79 Å². The second-order valence-electron chi connectivity index (χ2n) is 4.11. The maximum absolute atomic E-state index is 11.8. The van der Waals surface area contributed by atoms with Crippen LogP contribution in [0.3, 0.4) is 0 Å². The van der Waals surface area contributed by atoms with Gasteiger partial charge in [-0.05, 0) is 25.0 Å². The Hall–Kier alpha value is -1.57. The number of nitrogens with zero attached hydrogens (tertiary/aromatic N) is 1. The number of aryl methyl sites for hydroxylation is 1. The van der Waals surface area contributed by atoms with Crippen LogP contribution in [-0.4, -0.2) is 4.40 Å². The number of pyridine rings is 2. The molecule has 0 aromatic carbocycles. The summed E-state index contributed by atoms with van der Waals surface area (Å²) in [6.45, 7) is 2.18. The molecule has 0 saturated carbocycles. The van der Waals surface area contributed by atoms with Crippen LogP contribution in [0.15, 0.2) is 41.5 Å². The van der Waals surface area contributed by atoms with E-state index in [-0.39, 0.29) is 5.43 Å². The minimum atomic E-state index is 0.169. The molecule has 0 radical (unpaired) electrons. The molecule has 0 unspecified atom stereocenters. The van der Waals surface area contributed by atoms with Crippen molar-refractivity contribution in [2.24, 2.45) is 0 Å². The van der Waals surface area contributed by atoms with Crippen LogP contribution in [0.25, 0.3) is 5.52 Å². The number of fused-ring (bicyclic) bond motifs is 1. The highest BCUT2D eigenvalue weighted by Crippen LogP contribution is 2.10. The molecular weight excluding hydrogens is 198 g/mol. The van der Waals surface area contributed by atoms with E-state index in [9.17, 15) is 4.79 Å². The summed E-state index contributed by atoms with van der Waals surface area (Å²) in [6, 6.07) is 7.64. The average Bonchev–Trinajstić information content (AvgIpc) is 2.32.